The summed E-state index contributed by atoms with van der Waals surface area (Å²) in [5.41, 5.74) is 2.22. The van der Waals surface area contributed by atoms with Crippen LogP contribution in [0.25, 0.3) is 0 Å². The molecule has 0 saturated carbocycles. The van der Waals surface area contributed by atoms with E-state index in [1.807, 2.05) is 17.6 Å². The van der Waals surface area contributed by atoms with Crippen LogP contribution in [0.5, 0.6) is 0 Å². The van der Waals surface area contributed by atoms with Crippen LogP contribution in [0.4, 0.5) is 33.3 Å². The molecule has 1 aliphatic rings. The van der Waals surface area contributed by atoms with Crippen LogP contribution in [0.2, 0.25) is 0 Å². The number of nitrogens with zero attached hydrogens (tertiary/aromatic N) is 2. The van der Waals surface area contributed by atoms with E-state index in [0.717, 1.165) is 18.8 Å². The van der Waals surface area contributed by atoms with Crippen molar-refractivity contribution in [3.8, 4) is 0 Å². The molecule has 0 atom stereocenters. The third-order valence-corrected chi connectivity index (χ3v) is 3.87. The summed E-state index contributed by atoms with van der Waals surface area (Å²) in [6.07, 6.45) is 1.21. The van der Waals surface area contributed by atoms with E-state index >= 15 is 0 Å². The minimum absolute atomic E-state index is 0.582. The van der Waals surface area contributed by atoms with Crippen LogP contribution in [0.15, 0.2) is 29.4 Å². The number of hydrazone groups is 1. The fourth-order valence-electron chi connectivity index (χ4n) is 2.47. The van der Waals surface area contributed by atoms with Crippen molar-refractivity contribution in [2.24, 2.45) is 5.10 Å². The Balaban J connectivity index is 1.71. The quantitative estimate of drug-likeness (QED) is 0.293. The number of ether oxygens (including phenoxy) is 1. The zero-order valence-electron chi connectivity index (χ0n) is 13.4. The molecule has 1 fully saturated rings. The molecule has 3 rings (SSSR count). The van der Waals surface area contributed by atoms with E-state index in [1.54, 1.807) is 12.1 Å². The van der Waals surface area contributed by atoms with Crippen molar-refractivity contribution in [3.05, 3.63) is 58.9 Å². The summed E-state index contributed by atoms with van der Waals surface area (Å²) in [5, 5.41) is 3.54. The summed E-state index contributed by atoms with van der Waals surface area (Å²) >= 11 is 0. The van der Waals surface area contributed by atoms with E-state index in [-0.39, 0.29) is 0 Å². The summed E-state index contributed by atoms with van der Waals surface area (Å²) < 4.78 is 71.5. The normalized spacial score (nSPS) is 14.9. The number of anilines is 2. The maximum atomic E-state index is 13.5. The Morgan fingerprint density at radius 1 is 0.846 bits per heavy atom. The molecule has 26 heavy (non-hydrogen) atoms. The molecule has 1 saturated heterocycles. The van der Waals surface area contributed by atoms with Crippen molar-refractivity contribution in [3.63, 3.8) is 0 Å². The highest BCUT2D eigenvalue weighted by atomic mass is 19.2. The van der Waals surface area contributed by atoms with Crippen molar-refractivity contribution in [2.75, 3.05) is 36.6 Å². The molecule has 1 aliphatic heterocycles. The first kappa shape index (κ1) is 18.1. The van der Waals surface area contributed by atoms with Gasteiger partial charge < -0.3 is 9.64 Å². The van der Waals surface area contributed by atoms with E-state index in [2.05, 4.69) is 10.0 Å². The lowest BCUT2D eigenvalue weighted by Crippen LogP contribution is -2.36. The number of hydrogen-bond acceptors (Lipinski definition) is 4. The molecule has 0 radical (unpaired) electrons. The molecule has 2 aromatic rings. The van der Waals surface area contributed by atoms with E-state index < -0.39 is 34.8 Å². The number of hydrogen-bond donors (Lipinski definition) is 1. The third-order valence-electron chi connectivity index (χ3n) is 3.87. The highest BCUT2D eigenvalue weighted by Gasteiger charge is 2.25. The summed E-state index contributed by atoms with van der Waals surface area (Å²) in [5.74, 6) is -10.2. The molecule has 9 heteroatoms. The monoisotopic (exact) mass is 371 g/mol. The van der Waals surface area contributed by atoms with Gasteiger partial charge in [-0.05, 0) is 17.7 Å². The number of rotatable bonds is 4. The second-order valence-corrected chi connectivity index (χ2v) is 5.51. The van der Waals surface area contributed by atoms with E-state index in [4.69, 9.17) is 4.74 Å². The van der Waals surface area contributed by atoms with E-state index in [9.17, 15) is 22.0 Å². The summed E-state index contributed by atoms with van der Waals surface area (Å²) in [6.45, 7) is 2.84. The van der Waals surface area contributed by atoms with Gasteiger partial charge in [-0.15, -0.1) is 0 Å². The molecule has 1 N–H and O–H groups in total. The summed E-state index contributed by atoms with van der Waals surface area (Å²) in [6, 6.07) is 7.11. The fourth-order valence-corrected chi connectivity index (χ4v) is 2.47. The molecule has 0 spiro atoms. The number of nitrogens with one attached hydrogen (secondary N) is 1. The first-order chi connectivity index (χ1) is 12.5. The Labute approximate surface area is 145 Å². The Kier molecular flexibility index (Phi) is 5.36. The average Bonchev–Trinajstić information content (AvgIpc) is 2.68. The van der Waals surface area contributed by atoms with Crippen LogP contribution < -0.4 is 10.3 Å². The SMILES string of the molecule is Fc1c(F)c(F)c(N/N=C\c2ccc(N3CCOCC3)cc2)c(F)c1F. The molecule has 2 aromatic carbocycles. The zero-order valence-corrected chi connectivity index (χ0v) is 13.4. The van der Waals surface area contributed by atoms with E-state index in [0.29, 0.717) is 18.8 Å². The van der Waals surface area contributed by atoms with Crippen molar-refractivity contribution in [1.29, 1.82) is 0 Å². The van der Waals surface area contributed by atoms with E-state index in [1.165, 1.54) is 6.21 Å². The van der Waals surface area contributed by atoms with Gasteiger partial charge in [-0.2, -0.15) is 5.10 Å². The summed E-state index contributed by atoms with van der Waals surface area (Å²) in [4.78, 5) is 2.14. The molecule has 138 valence electrons. The highest BCUT2D eigenvalue weighted by molar-refractivity contribution is 5.81. The van der Waals surface area contributed by atoms with Crippen molar-refractivity contribution in [1.82, 2.24) is 0 Å². The molecular weight excluding hydrogens is 357 g/mol. The molecule has 0 amide bonds. The van der Waals surface area contributed by atoms with Crippen molar-refractivity contribution in [2.45, 2.75) is 0 Å². The number of halogens is 5. The minimum Gasteiger partial charge on any atom is -0.378 e. The maximum Gasteiger partial charge on any atom is 0.200 e. The Morgan fingerprint density at radius 3 is 1.96 bits per heavy atom. The number of morpholine rings is 1. The van der Waals surface area contributed by atoms with Crippen molar-refractivity contribution < 1.29 is 26.7 Å². The lowest BCUT2D eigenvalue weighted by atomic mass is 10.2. The van der Waals surface area contributed by atoms with Crippen LogP contribution in [-0.4, -0.2) is 32.5 Å². The lowest BCUT2D eigenvalue weighted by molar-refractivity contribution is 0.122. The van der Waals surface area contributed by atoms with Gasteiger partial charge in [0.25, 0.3) is 0 Å². The molecule has 0 unspecified atom stereocenters. The largest absolute Gasteiger partial charge is 0.378 e. The maximum absolute atomic E-state index is 13.5. The average molecular weight is 371 g/mol. The third kappa shape index (κ3) is 3.62. The van der Waals surface area contributed by atoms with Gasteiger partial charge in [-0.3, -0.25) is 5.43 Å². The van der Waals surface area contributed by atoms with Crippen LogP contribution in [0, 0.1) is 29.1 Å². The number of benzene rings is 2. The molecule has 0 aliphatic carbocycles. The molecule has 1 heterocycles. The van der Waals surface area contributed by atoms with Gasteiger partial charge in [0, 0.05) is 18.8 Å². The van der Waals surface area contributed by atoms with Gasteiger partial charge in [0.1, 0.15) is 5.69 Å². The predicted octanol–water partition coefficient (Wildman–Crippen LogP) is 3.66. The lowest BCUT2D eigenvalue weighted by Gasteiger charge is -2.28. The Morgan fingerprint density at radius 2 is 1.38 bits per heavy atom. The highest BCUT2D eigenvalue weighted by Crippen LogP contribution is 2.27. The molecule has 4 nitrogen and oxygen atoms in total. The second kappa shape index (κ2) is 7.69. The molecular formula is C17H14F5N3O. The van der Waals surface area contributed by atoms with Gasteiger partial charge >= 0.3 is 0 Å². The standard InChI is InChI=1S/C17H14F5N3O/c18-12-13(19)15(21)17(16(22)14(12)20)24-23-9-10-1-3-11(4-2-10)25-5-7-26-8-6-25/h1-4,9,24H,5-8H2/b23-9-. The van der Waals surface area contributed by atoms with Crippen molar-refractivity contribution >= 4 is 17.6 Å². The fraction of sp³-hybridized carbons (Fsp3) is 0.235. The smallest absolute Gasteiger partial charge is 0.200 e. The topological polar surface area (TPSA) is 36.9 Å². The minimum atomic E-state index is -2.21. The van der Waals surface area contributed by atoms with Gasteiger partial charge in [0.2, 0.25) is 5.82 Å². The Hall–Kier alpha value is -2.68. The first-order valence-electron chi connectivity index (χ1n) is 7.72. The van der Waals surface area contributed by atoms with Gasteiger partial charge in [-0.25, -0.2) is 22.0 Å². The van der Waals surface area contributed by atoms with Gasteiger partial charge in [0.15, 0.2) is 23.3 Å². The first-order valence-corrected chi connectivity index (χ1v) is 7.72. The molecule has 0 aromatic heterocycles. The van der Waals surface area contributed by atoms with Crippen LogP contribution in [0.1, 0.15) is 5.56 Å². The van der Waals surface area contributed by atoms with Crippen LogP contribution >= 0.6 is 0 Å². The van der Waals surface area contributed by atoms with Gasteiger partial charge in [-0.1, -0.05) is 12.1 Å². The van der Waals surface area contributed by atoms with Gasteiger partial charge in [0.05, 0.1) is 19.4 Å². The predicted molar refractivity (Wildman–Crippen MR) is 86.9 cm³/mol. The van der Waals surface area contributed by atoms with Crippen LogP contribution in [-0.2, 0) is 4.74 Å². The second-order valence-electron chi connectivity index (χ2n) is 5.51. The zero-order chi connectivity index (χ0) is 18.7. The molecule has 0 bridgehead atoms. The Bertz CT molecular complexity index is 791. The summed E-state index contributed by atoms with van der Waals surface area (Å²) in [7, 11) is 0. The van der Waals surface area contributed by atoms with Crippen LogP contribution in [0.3, 0.4) is 0 Å².